The van der Waals surface area contributed by atoms with E-state index in [1.165, 1.54) is 20.7 Å². The van der Waals surface area contributed by atoms with Gasteiger partial charge in [0.25, 0.3) is 5.24 Å². The van der Waals surface area contributed by atoms with Crippen LogP contribution in [0.15, 0.2) is 18.2 Å². The van der Waals surface area contributed by atoms with E-state index in [4.69, 9.17) is 11.6 Å². The minimum atomic E-state index is -3.52. The van der Waals surface area contributed by atoms with Crippen LogP contribution >= 0.6 is 11.6 Å². The summed E-state index contributed by atoms with van der Waals surface area (Å²) in [6.07, 6.45) is 0. The van der Waals surface area contributed by atoms with Crippen LogP contribution in [-0.4, -0.2) is 26.7 Å². The van der Waals surface area contributed by atoms with Crippen molar-refractivity contribution in [2.24, 2.45) is 0 Å². The van der Waals surface area contributed by atoms with Crippen LogP contribution in [0.1, 0.15) is 24.2 Å². The Morgan fingerprint density at radius 3 is 2.22 bits per heavy atom. The van der Waals surface area contributed by atoms with Gasteiger partial charge in [0.15, 0.2) is 0 Å². The summed E-state index contributed by atoms with van der Waals surface area (Å²) in [4.78, 5) is 11.1. The van der Waals surface area contributed by atoms with E-state index in [9.17, 15) is 13.2 Å². The van der Waals surface area contributed by atoms with Crippen LogP contribution in [0.3, 0.4) is 0 Å². The zero-order valence-electron chi connectivity index (χ0n) is 10.1. The molecule has 0 bridgehead atoms. The predicted molar refractivity (Wildman–Crippen MR) is 71.6 cm³/mol. The van der Waals surface area contributed by atoms with Gasteiger partial charge in [-0.3, -0.25) is 13.4 Å². The van der Waals surface area contributed by atoms with Crippen LogP contribution in [-0.2, 0) is 10.2 Å². The van der Waals surface area contributed by atoms with Gasteiger partial charge in [-0.1, -0.05) is 0 Å². The Labute approximate surface area is 111 Å². The first kappa shape index (κ1) is 13.2. The van der Waals surface area contributed by atoms with Crippen LogP contribution in [0.5, 0.6) is 0 Å². The Balaban J connectivity index is 2.65. The van der Waals surface area contributed by atoms with Crippen molar-refractivity contribution < 1.29 is 13.2 Å². The van der Waals surface area contributed by atoms with Gasteiger partial charge in [0.2, 0.25) is 0 Å². The first-order valence-electron chi connectivity index (χ1n) is 5.57. The summed E-state index contributed by atoms with van der Waals surface area (Å²) >= 11 is 5.42. The molecular weight excluding hydrogens is 276 g/mol. The Kier molecular flexibility index (Phi) is 3.25. The summed E-state index contributed by atoms with van der Waals surface area (Å²) in [5.74, 6) is 0. The molecular formula is C11H13ClN2O3S. The Hall–Kier alpha value is -1.27. The van der Waals surface area contributed by atoms with Gasteiger partial charge in [-0.2, -0.15) is 8.42 Å². The lowest BCUT2D eigenvalue weighted by Crippen LogP contribution is -2.37. The number of carbonyl (C=O) groups excluding carboxylic acids is 1. The number of hydrogen-bond donors (Lipinski definition) is 0. The summed E-state index contributed by atoms with van der Waals surface area (Å²) in [5, 5.41) is -0.596. The Morgan fingerprint density at radius 1 is 1.17 bits per heavy atom. The molecule has 18 heavy (non-hydrogen) atoms. The lowest BCUT2D eigenvalue weighted by atomic mass is 10.2. The highest BCUT2D eigenvalue weighted by Crippen LogP contribution is 2.41. The minimum absolute atomic E-state index is 0.294. The molecule has 0 spiro atoms. The highest BCUT2D eigenvalue weighted by molar-refractivity contribution is 7.94. The standard InChI is InChI=1S/C11H13ClN2O3S/c1-3-13-9-6-5-8(11(12)15)7-10(9)14(4-2)18(13,16)17/h5-7H,3-4H2,1-2H3. The summed E-state index contributed by atoms with van der Waals surface area (Å²) < 4.78 is 27.0. The fraction of sp³-hybridized carbons (Fsp3) is 0.364. The van der Waals surface area contributed by atoms with Crippen LogP contribution in [0.25, 0.3) is 0 Å². The number of benzene rings is 1. The van der Waals surface area contributed by atoms with Crippen LogP contribution < -0.4 is 8.61 Å². The zero-order valence-corrected chi connectivity index (χ0v) is 11.6. The topological polar surface area (TPSA) is 57.7 Å². The van der Waals surface area contributed by atoms with Crippen molar-refractivity contribution in [1.29, 1.82) is 0 Å². The van der Waals surface area contributed by atoms with Gasteiger partial charge >= 0.3 is 10.2 Å². The first-order chi connectivity index (χ1) is 8.43. The van der Waals surface area contributed by atoms with Gasteiger partial charge in [0.1, 0.15) is 0 Å². The Bertz CT molecular complexity index is 600. The molecule has 1 aliphatic heterocycles. The highest BCUT2D eigenvalue weighted by atomic mass is 35.5. The number of hydrogen-bond acceptors (Lipinski definition) is 3. The van der Waals surface area contributed by atoms with Gasteiger partial charge in [-0.25, -0.2) is 0 Å². The molecule has 0 saturated heterocycles. The second-order valence-corrected chi connectivity index (χ2v) is 5.93. The third kappa shape index (κ3) is 1.76. The van der Waals surface area contributed by atoms with Gasteiger partial charge in [0, 0.05) is 18.7 Å². The summed E-state index contributed by atoms with van der Waals surface area (Å²) in [7, 11) is -3.52. The normalized spacial score (nSPS) is 16.8. The molecule has 0 fully saturated rings. The molecule has 0 radical (unpaired) electrons. The SMILES string of the molecule is CCN1c2ccc(C(=O)Cl)cc2N(CC)S1(=O)=O. The first-order valence-corrected chi connectivity index (χ1v) is 7.35. The lowest BCUT2D eigenvalue weighted by molar-refractivity contribution is 0.108. The lowest BCUT2D eigenvalue weighted by Gasteiger charge is -2.18. The average Bonchev–Trinajstić information content (AvgIpc) is 2.53. The molecule has 2 rings (SSSR count). The van der Waals surface area contributed by atoms with Gasteiger partial charge < -0.3 is 0 Å². The van der Waals surface area contributed by atoms with E-state index in [0.717, 1.165) is 0 Å². The minimum Gasteiger partial charge on any atom is -0.276 e. The molecule has 1 aliphatic rings. The second kappa shape index (κ2) is 4.44. The van der Waals surface area contributed by atoms with Crippen LogP contribution in [0.2, 0.25) is 0 Å². The molecule has 0 aliphatic carbocycles. The molecule has 0 aromatic heterocycles. The molecule has 7 heteroatoms. The van der Waals surface area contributed by atoms with Crippen molar-refractivity contribution in [2.75, 3.05) is 21.7 Å². The molecule has 0 saturated carbocycles. The molecule has 0 unspecified atom stereocenters. The second-order valence-electron chi connectivity index (χ2n) is 3.81. The summed E-state index contributed by atoms with van der Waals surface area (Å²) in [6, 6.07) is 4.66. The smallest absolute Gasteiger partial charge is 0.276 e. The van der Waals surface area contributed by atoms with E-state index >= 15 is 0 Å². The van der Waals surface area contributed by atoms with Crippen LogP contribution in [0.4, 0.5) is 11.4 Å². The third-order valence-corrected chi connectivity index (χ3v) is 5.11. The number of anilines is 2. The number of carbonyl (C=O) groups is 1. The van der Waals surface area contributed by atoms with Crippen molar-refractivity contribution in [1.82, 2.24) is 0 Å². The van der Waals surface area contributed by atoms with Gasteiger partial charge in [-0.05, 0) is 43.6 Å². The molecule has 0 amide bonds. The number of rotatable bonds is 3. The summed E-state index contributed by atoms with van der Waals surface area (Å²) in [6.45, 7) is 4.17. The summed E-state index contributed by atoms with van der Waals surface area (Å²) in [5.41, 5.74) is 1.38. The zero-order chi connectivity index (χ0) is 13.5. The quantitative estimate of drug-likeness (QED) is 0.799. The molecule has 1 aromatic rings. The Morgan fingerprint density at radius 2 is 1.72 bits per heavy atom. The monoisotopic (exact) mass is 288 g/mol. The third-order valence-electron chi connectivity index (χ3n) is 2.87. The maximum Gasteiger partial charge on any atom is 0.326 e. The van der Waals surface area contributed by atoms with Crippen molar-refractivity contribution in [3.8, 4) is 0 Å². The molecule has 0 N–H and O–H groups in total. The van der Waals surface area contributed by atoms with Crippen molar-refractivity contribution >= 4 is 38.4 Å². The number of halogens is 1. The predicted octanol–water partition coefficient (Wildman–Crippen LogP) is 1.98. The van der Waals surface area contributed by atoms with Crippen LogP contribution in [0, 0.1) is 0 Å². The average molecular weight is 289 g/mol. The molecule has 1 heterocycles. The van der Waals surface area contributed by atoms with E-state index in [-0.39, 0.29) is 0 Å². The highest BCUT2D eigenvalue weighted by Gasteiger charge is 2.38. The van der Waals surface area contributed by atoms with E-state index in [2.05, 4.69) is 0 Å². The van der Waals surface area contributed by atoms with E-state index < -0.39 is 15.5 Å². The van der Waals surface area contributed by atoms with E-state index in [0.29, 0.717) is 30.0 Å². The maximum atomic E-state index is 12.2. The number of nitrogens with zero attached hydrogens (tertiary/aromatic N) is 2. The fourth-order valence-electron chi connectivity index (χ4n) is 2.09. The van der Waals surface area contributed by atoms with Gasteiger partial charge in [-0.15, -0.1) is 0 Å². The van der Waals surface area contributed by atoms with Crippen molar-refractivity contribution in [3.63, 3.8) is 0 Å². The molecule has 98 valence electrons. The fourth-order valence-corrected chi connectivity index (χ4v) is 3.90. The van der Waals surface area contributed by atoms with E-state index in [1.54, 1.807) is 19.9 Å². The molecule has 0 atom stereocenters. The van der Waals surface area contributed by atoms with E-state index in [1.807, 2.05) is 0 Å². The maximum absolute atomic E-state index is 12.2. The largest absolute Gasteiger partial charge is 0.326 e. The van der Waals surface area contributed by atoms with Crippen molar-refractivity contribution in [2.45, 2.75) is 13.8 Å². The van der Waals surface area contributed by atoms with Crippen molar-refractivity contribution in [3.05, 3.63) is 23.8 Å². The molecule has 1 aromatic carbocycles. The van der Waals surface area contributed by atoms with Gasteiger partial charge in [0.05, 0.1) is 11.4 Å². The molecule has 5 nitrogen and oxygen atoms in total. The number of fused-ring (bicyclic) bond motifs is 1.